The molecule has 7 nitrogen and oxygen atoms in total. The van der Waals surface area contributed by atoms with Gasteiger partial charge in [0.1, 0.15) is 5.69 Å². The summed E-state index contributed by atoms with van der Waals surface area (Å²) >= 11 is 0. The van der Waals surface area contributed by atoms with Crippen LogP contribution in [0.4, 0.5) is 11.4 Å². The van der Waals surface area contributed by atoms with Crippen molar-refractivity contribution in [2.75, 3.05) is 19.0 Å². The molecular weight excluding hydrogens is 348 g/mol. The van der Waals surface area contributed by atoms with E-state index in [-0.39, 0.29) is 23.0 Å². The molecule has 0 aromatic heterocycles. The monoisotopic (exact) mass is 370 g/mol. The van der Waals surface area contributed by atoms with Gasteiger partial charge in [0, 0.05) is 30.2 Å². The Labute approximate surface area is 157 Å². The number of carbonyl (C=O) groups is 2. The van der Waals surface area contributed by atoms with Crippen LogP contribution < -0.4 is 5.32 Å². The van der Waals surface area contributed by atoms with Crippen molar-refractivity contribution in [3.8, 4) is 0 Å². The molecule has 142 valence electrons. The van der Waals surface area contributed by atoms with E-state index < -0.39 is 4.92 Å². The van der Waals surface area contributed by atoms with Crippen LogP contribution in [0.2, 0.25) is 0 Å². The number of rotatable bonds is 10. The summed E-state index contributed by atoms with van der Waals surface area (Å²) in [6.07, 6.45) is 2.65. The highest BCUT2D eigenvalue weighted by Crippen LogP contribution is 2.27. The number of anilines is 1. The first-order valence-corrected chi connectivity index (χ1v) is 8.72. The summed E-state index contributed by atoms with van der Waals surface area (Å²) < 4.78 is 4.57. The zero-order chi connectivity index (χ0) is 19.6. The number of methoxy groups -OCH3 is 1. The van der Waals surface area contributed by atoms with Crippen LogP contribution in [-0.4, -0.2) is 30.3 Å². The summed E-state index contributed by atoms with van der Waals surface area (Å²) in [7, 11) is 1.36. The molecule has 0 saturated heterocycles. The van der Waals surface area contributed by atoms with Crippen LogP contribution in [0.3, 0.4) is 0 Å². The number of carbonyl (C=O) groups excluding carboxylic acids is 2. The largest absolute Gasteiger partial charge is 0.469 e. The van der Waals surface area contributed by atoms with Crippen molar-refractivity contribution < 1.29 is 19.2 Å². The second-order valence-electron chi connectivity index (χ2n) is 6.00. The smallest absolute Gasteiger partial charge is 0.305 e. The first kappa shape index (κ1) is 20.1. The Balaban J connectivity index is 1.98. The Bertz CT molecular complexity index is 805. The highest BCUT2D eigenvalue weighted by atomic mass is 16.6. The lowest BCUT2D eigenvalue weighted by atomic mass is 10.0. The van der Waals surface area contributed by atoms with E-state index in [4.69, 9.17) is 0 Å². The number of unbranched alkanes of at least 4 members (excludes halogenated alkanes) is 2. The molecule has 2 rings (SSSR count). The summed E-state index contributed by atoms with van der Waals surface area (Å²) in [5, 5.41) is 14.4. The van der Waals surface area contributed by atoms with Crippen molar-refractivity contribution in [3.63, 3.8) is 0 Å². The molecule has 1 N–H and O–H groups in total. The van der Waals surface area contributed by atoms with Gasteiger partial charge in [-0.1, -0.05) is 36.8 Å². The predicted molar refractivity (Wildman–Crippen MR) is 102 cm³/mol. The van der Waals surface area contributed by atoms with E-state index in [1.54, 1.807) is 42.5 Å². The molecular formula is C20H22N2O5. The van der Waals surface area contributed by atoms with Crippen molar-refractivity contribution in [1.82, 2.24) is 0 Å². The number of nitrogens with one attached hydrogen (secondary N) is 1. The Morgan fingerprint density at radius 3 is 2.44 bits per heavy atom. The van der Waals surface area contributed by atoms with E-state index in [9.17, 15) is 19.7 Å². The molecule has 0 spiro atoms. The lowest BCUT2D eigenvalue weighted by Crippen LogP contribution is -2.07. The van der Waals surface area contributed by atoms with Crippen molar-refractivity contribution in [1.29, 1.82) is 0 Å². The number of ketones is 1. The van der Waals surface area contributed by atoms with Crippen molar-refractivity contribution >= 4 is 23.1 Å². The minimum absolute atomic E-state index is 0.133. The highest BCUT2D eigenvalue weighted by Gasteiger charge is 2.18. The topological polar surface area (TPSA) is 98.5 Å². The summed E-state index contributed by atoms with van der Waals surface area (Å²) in [5.74, 6) is -0.495. The SMILES string of the molecule is COC(=O)CCCCCNc1ccc(C(=O)c2ccccc2)cc1[N+](=O)[O-]. The van der Waals surface area contributed by atoms with Gasteiger partial charge in [-0.25, -0.2) is 0 Å². The lowest BCUT2D eigenvalue weighted by Gasteiger charge is -2.09. The number of esters is 1. The molecule has 0 aliphatic carbocycles. The van der Waals surface area contributed by atoms with Crippen LogP contribution in [0.15, 0.2) is 48.5 Å². The number of hydrogen-bond donors (Lipinski definition) is 1. The quantitative estimate of drug-likeness (QED) is 0.223. The Morgan fingerprint density at radius 2 is 1.78 bits per heavy atom. The van der Waals surface area contributed by atoms with Gasteiger partial charge in [-0.2, -0.15) is 0 Å². The Hall–Kier alpha value is -3.22. The average Bonchev–Trinajstić information content (AvgIpc) is 2.70. The fraction of sp³-hybridized carbons (Fsp3) is 0.300. The predicted octanol–water partition coefficient (Wildman–Crippen LogP) is 3.97. The fourth-order valence-corrected chi connectivity index (χ4v) is 2.63. The lowest BCUT2D eigenvalue weighted by molar-refractivity contribution is -0.384. The third-order valence-electron chi connectivity index (χ3n) is 4.09. The van der Waals surface area contributed by atoms with Crippen LogP contribution in [0, 0.1) is 10.1 Å². The Morgan fingerprint density at radius 1 is 1.04 bits per heavy atom. The Kier molecular flexibility index (Phi) is 7.49. The number of nitro benzene ring substituents is 1. The van der Waals surface area contributed by atoms with Crippen LogP contribution in [-0.2, 0) is 9.53 Å². The summed E-state index contributed by atoms with van der Waals surface area (Å²) in [6, 6.07) is 13.1. The fourth-order valence-electron chi connectivity index (χ4n) is 2.63. The van der Waals surface area contributed by atoms with Crippen molar-refractivity contribution in [2.45, 2.75) is 25.7 Å². The second kappa shape index (κ2) is 10.1. The highest BCUT2D eigenvalue weighted by molar-refractivity contribution is 6.09. The maximum atomic E-state index is 12.5. The zero-order valence-corrected chi connectivity index (χ0v) is 15.1. The van der Waals surface area contributed by atoms with E-state index in [0.717, 1.165) is 12.8 Å². The maximum Gasteiger partial charge on any atom is 0.305 e. The molecule has 27 heavy (non-hydrogen) atoms. The third kappa shape index (κ3) is 5.91. The molecule has 2 aromatic carbocycles. The van der Waals surface area contributed by atoms with Crippen LogP contribution >= 0.6 is 0 Å². The normalized spacial score (nSPS) is 10.3. The van der Waals surface area contributed by atoms with E-state index in [2.05, 4.69) is 10.1 Å². The number of benzene rings is 2. The average molecular weight is 370 g/mol. The van der Waals surface area contributed by atoms with Crippen LogP contribution in [0.5, 0.6) is 0 Å². The van der Waals surface area contributed by atoms with Gasteiger partial charge in [0.2, 0.25) is 0 Å². The van der Waals surface area contributed by atoms with Crippen molar-refractivity contribution in [2.24, 2.45) is 0 Å². The molecule has 0 aliphatic heterocycles. The van der Waals surface area contributed by atoms with Gasteiger partial charge < -0.3 is 10.1 Å². The molecule has 0 heterocycles. The van der Waals surface area contributed by atoms with Gasteiger partial charge in [-0.05, 0) is 25.0 Å². The van der Waals surface area contributed by atoms with E-state index >= 15 is 0 Å². The minimum atomic E-state index is -0.499. The number of nitro groups is 1. The molecule has 0 aliphatic rings. The van der Waals surface area contributed by atoms with Gasteiger partial charge >= 0.3 is 5.97 Å². The van der Waals surface area contributed by atoms with Crippen molar-refractivity contribution in [3.05, 3.63) is 69.8 Å². The van der Waals surface area contributed by atoms with Gasteiger partial charge in [0.05, 0.1) is 12.0 Å². The number of hydrogen-bond acceptors (Lipinski definition) is 6. The summed E-state index contributed by atoms with van der Waals surface area (Å²) in [4.78, 5) is 34.4. The first-order chi connectivity index (χ1) is 13.0. The van der Waals surface area contributed by atoms with Crippen LogP contribution in [0.1, 0.15) is 41.6 Å². The van der Waals surface area contributed by atoms with E-state index in [0.29, 0.717) is 30.6 Å². The van der Waals surface area contributed by atoms with Gasteiger partial charge in [-0.3, -0.25) is 19.7 Å². The zero-order valence-electron chi connectivity index (χ0n) is 15.1. The maximum absolute atomic E-state index is 12.5. The summed E-state index contributed by atoms with van der Waals surface area (Å²) in [6.45, 7) is 0.536. The minimum Gasteiger partial charge on any atom is -0.469 e. The molecule has 0 radical (unpaired) electrons. The second-order valence-corrected chi connectivity index (χ2v) is 6.00. The molecule has 0 atom stereocenters. The van der Waals surface area contributed by atoms with Gasteiger partial charge in [0.25, 0.3) is 5.69 Å². The number of ether oxygens (including phenoxy) is 1. The molecule has 0 amide bonds. The molecule has 0 unspecified atom stereocenters. The standard InChI is InChI=1S/C20H22N2O5/c1-27-19(23)10-6-3-7-13-21-17-12-11-16(14-18(17)22(25)26)20(24)15-8-4-2-5-9-15/h2,4-5,8-9,11-12,14,21H,3,6-7,10,13H2,1H3. The molecule has 7 heteroatoms. The molecule has 0 fully saturated rings. The van der Waals surface area contributed by atoms with Crippen LogP contribution in [0.25, 0.3) is 0 Å². The van der Waals surface area contributed by atoms with Gasteiger partial charge in [-0.15, -0.1) is 0 Å². The van der Waals surface area contributed by atoms with Gasteiger partial charge in [0.15, 0.2) is 5.78 Å². The van der Waals surface area contributed by atoms with E-state index in [1.165, 1.54) is 13.2 Å². The van der Waals surface area contributed by atoms with E-state index in [1.807, 2.05) is 0 Å². The molecule has 0 bridgehead atoms. The third-order valence-corrected chi connectivity index (χ3v) is 4.09. The molecule has 0 saturated carbocycles. The first-order valence-electron chi connectivity index (χ1n) is 8.72. The molecule has 2 aromatic rings. The summed E-state index contributed by atoms with van der Waals surface area (Å²) in [5.41, 5.74) is 0.999. The number of nitrogens with zero attached hydrogens (tertiary/aromatic N) is 1.